The van der Waals surface area contributed by atoms with Crippen LogP contribution in [0.2, 0.25) is 0 Å². The fraction of sp³-hybridized carbons (Fsp3) is 0.450. The van der Waals surface area contributed by atoms with Gasteiger partial charge in [0.25, 0.3) is 5.91 Å². The standard InChI is InChI=1S/C20H24N2O3/c1-13-11-17(16-9-4-5-10-18(16)21-13)20(24)25-12-19(23)22-14(2)7-6-8-15(22)3/h4-5,9-11,14-15H,6-8,12H2,1-3H3/t14-,15+. The molecule has 2 heterocycles. The van der Waals surface area contributed by atoms with Crippen molar-refractivity contribution in [3.05, 3.63) is 41.6 Å². The molecule has 0 radical (unpaired) electrons. The number of aromatic nitrogens is 1. The molecule has 1 aliphatic rings. The fourth-order valence-electron chi connectivity index (χ4n) is 3.67. The van der Waals surface area contributed by atoms with Gasteiger partial charge < -0.3 is 9.64 Å². The highest BCUT2D eigenvalue weighted by Gasteiger charge is 2.29. The van der Waals surface area contributed by atoms with Gasteiger partial charge >= 0.3 is 5.97 Å². The Balaban J connectivity index is 1.74. The molecule has 0 saturated carbocycles. The maximum atomic E-state index is 12.5. The molecule has 1 aromatic carbocycles. The molecule has 2 aromatic rings. The summed E-state index contributed by atoms with van der Waals surface area (Å²) in [4.78, 5) is 31.3. The lowest BCUT2D eigenvalue weighted by molar-refractivity contribution is -0.140. The quantitative estimate of drug-likeness (QED) is 0.803. The van der Waals surface area contributed by atoms with E-state index in [2.05, 4.69) is 18.8 Å². The van der Waals surface area contributed by atoms with Crippen molar-refractivity contribution in [2.24, 2.45) is 0 Å². The van der Waals surface area contributed by atoms with Crippen molar-refractivity contribution in [2.75, 3.05) is 6.61 Å². The number of nitrogens with zero attached hydrogens (tertiary/aromatic N) is 2. The second-order valence-electron chi connectivity index (χ2n) is 6.83. The Labute approximate surface area is 148 Å². The van der Waals surface area contributed by atoms with Gasteiger partial charge in [0.05, 0.1) is 11.1 Å². The monoisotopic (exact) mass is 340 g/mol. The van der Waals surface area contributed by atoms with Crippen molar-refractivity contribution in [3.8, 4) is 0 Å². The lowest BCUT2D eigenvalue weighted by Gasteiger charge is -2.38. The number of benzene rings is 1. The van der Waals surface area contributed by atoms with Crippen LogP contribution in [0.5, 0.6) is 0 Å². The van der Waals surface area contributed by atoms with Crippen LogP contribution < -0.4 is 0 Å². The smallest absolute Gasteiger partial charge is 0.339 e. The molecule has 5 nitrogen and oxygen atoms in total. The third-order valence-electron chi connectivity index (χ3n) is 4.87. The zero-order chi connectivity index (χ0) is 18.0. The number of likely N-dealkylation sites (tertiary alicyclic amines) is 1. The van der Waals surface area contributed by atoms with Crippen LogP contribution in [0.1, 0.15) is 49.2 Å². The number of hydrogen-bond acceptors (Lipinski definition) is 4. The molecule has 2 atom stereocenters. The van der Waals surface area contributed by atoms with E-state index in [1.54, 1.807) is 6.07 Å². The number of hydrogen-bond donors (Lipinski definition) is 0. The van der Waals surface area contributed by atoms with Gasteiger partial charge in [0.2, 0.25) is 0 Å². The summed E-state index contributed by atoms with van der Waals surface area (Å²) in [5.41, 5.74) is 1.95. The number of rotatable bonds is 3. The summed E-state index contributed by atoms with van der Waals surface area (Å²) in [6, 6.07) is 9.54. The first-order valence-corrected chi connectivity index (χ1v) is 8.82. The Morgan fingerprint density at radius 1 is 1.20 bits per heavy atom. The van der Waals surface area contributed by atoms with Crippen LogP contribution in [0.3, 0.4) is 0 Å². The molecule has 1 amide bonds. The van der Waals surface area contributed by atoms with E-state index >= 15 is 0 Å². The van der Waals surface area contributed by atoms with Gasteiger partial charge in [-0.3, -0.25) is 9.78 Å². The molecule has 0 N–H and O–H groups in total. The van der Waals surface area contributed by atoms with Crippen LogP contribution in [0, 0.1) is 6.92 Å². The molecule has 25 heavy (non-hydrogen) atoms. The highest BCUT2D eigenvalue weighted by Crippen LogP contribution is 2.23. The number of para-hydroxylation sites is 1. The Morgan fingerprint density at radius 3 is 2.60 bits per heavy atom. The van der Waals surface area contributed by atoms with E-state index in [-0.39, 0.29) is 24.6 Å². The number of fused-ring (bicyclic) bond motifs is 1. The summed E-state index contributed by atoms with van der Waals surface area (Å²) < 4.78 is 5.34. The summed E-state index contributed by atoms with van der Waals surface area (Å²) in [6.45, 7) is 5.72. The van der Waals surface area contributed by atoms with Crippen LogP contribution in [0.4, 0.5) is 0 Å². The molecular weight excluding hydrogens is 316 g/mol. The molecule has 1 fully saturated rings. The molecule has 1 aliphatic heterocycles. The molecular formula is C20H24N2O3. The largest absolute Gasteiger partial charge is 0.452 e. The number of amides is 1. The number of esters is 1. The minimum Gasteiger partial charge on any atom is -0.452 e. The van der Waals surface area contributed by atoms with Crippen LogP contribution >= 0.6 is 0 Å². The second-order valence-corrected chi connectivity index (χ2v) is 6.83. The van der Waals surface area contributed by atoms with E-state index in [0.717, 1.165) is 35.9 Å². The third-order valence-corrected chi connectivity index (χ3v) is 4.87. The number of piperidine rings is 1. The van der Waals surface area contributed by atoms with Crippen LogP contribution in [0.25, 0.3) is 10.9 Å². The second kappa shape index (κ2) is 7.21. The first kappa shape index (κ1) is 17.4. The Kier molecular flexibility index (Phi) is 5.02. The minimum absolute atomic E-state index is 0.122. The van der Waals surface area contributed by atoms with E-state index < -0.39 is 5.97 Å². The van der Waals surface area contributed by atoms with E-state index in [9.17, 15) is 9.59 Å². The van der Waals surface area contributed by atoms with Crippen molar-refractivity contribution in [3.63, 3.8) is 0 Å². The van der Waals surface area contributed by atoms with Crippen molar-refractivity contribution in [1.82, 2.24) is 9.88 Å². The summed E-state index contributed by atoms with van der Waals surface area (Å²) in [5.74, 6) is -0.601. The van der Waals surface area contributed by atoms with Crippen molar-refractivity contribution >= 4 is 22.8 Å². The molecule has 132 valence electrons. The summed E-state index contributed by atoms with van der Waals surface area (Å²) in [6.07, 6.45) is 3.13. The van der Waals surface area contributed by atoms with Gasteiger partial charge in [-0.05, 0) is 52.2 Å². The molecule has 0 bridgehead atoms. The lowest BCUT2D eigenvalue weighted by atomic mass is 9.97. The highest BCUT2D eigenvalue weighted by atomic mass is 16.5. The van der Waals surface area contributed by atoms with Crippen molar-refractivity contribution in [1.29, 1.82) is 0 Å². The third kappa shape index (κ3) is 3.65. The SMILES string of the molecule is Cc1cc(C(=O)OCC(=O)N2[C@H](C)CCC[C@@H]2C)c2ccccc2n1. The van der Waals surface area contributed by atoms with E-state index in [1.165, 1.54) is 0 Å². The van der Waals surface area contributed by atoms with Gasteiger partial charge in [-0.15, -0.1) is 0 Å². The molecule has 1 aromatic heterocycles. The van der Waals surface area contributed by atoms with Crippen LogP contribution in [0.15, 0.2) is 30.3 Å². The van der Waals surface area contributed by atoms with E-state index in [0.29, 0.717) is 5.56 Å². The number of ether oxygens (including phenoxy) is 1. The first-order valence-electron chi connectivity index (χ1n) is 8.82. The maximum absolute atomic E-state index is 12.5. The first-order chi connectivity index (χ1) is 12.0. The number of pyridine rings is 1. The minimum atomic E-state index is -0.479. The van der Waals surface area contributed by atoms with Crippen LogP contribution in [-0.4, -0.2) is 40.5 Å². The molecule has 5 heteroatoms. The van der Waals surface area contributed by atoms with Gasteiger partial charge in [-0.25, -0.2) is 4.79 Å². The van der Waals surface area contributed by atoms with Gasteiger partial charge in [0.1, 0.15) is 0 Å². The topological polar surface area (TPSA) is 59.5 Å². The molecule has 3 rings (SSSR count). The number of aryl methyl sites for hydroxylation is 1. The maximum Gasteiger partial charge on any atom is 0.339 e. The van der Waals surface area contributed by atoms with Crippen molar-refractivity contribution < 1.29 is 14.3 Å². The predicted molar refractivity (Wildman–Crippen MR) is 96.4 cm³/mol. The lowest BCUT2D eigenvalue weighted by Crippen LogP contribution is -2.49. The Hall–Kier alpha value is -2.43. The van der Waals surface area contributed by atoms with Gasteiger partial charge in [-0.1, -0.05) is 18.2 Å². The average molecular weight is 340 g/mol. The average Bonchev–Trinajstić information content (AvgIpc) is 2.58. The normalized spacial score (nSPS) is 20.5. The molecule has 0 unspecified atom stereocenters. The molecule has 0 spiro atoms. The number of carbonyl (C=O) groups is 2. The van der Waals surface area contributed by atoms with E-state index in [4.69, 9.17) is 4.74 Å². The summed E-state index contributed by atoms with van der Waals surface area (Å²) in [7, 11) is 0. The van der Waals surface area contributed by atoms with Gasteiger partial charge in [-0.2, -0.15) is 0 Å². The Morgan fingerprint density at radius 2 is 1.88 bits per heavy atom. The number of carbonyl (C=O) groups excluding carboxylic acids is 2. The van der Waals surface area contributed by atoms with Gasteiger partial charge in [0, 0.05) is 23.2 Å². The molecule has 0 aliphatic carbocycles. The summed E-state index contributed by atoms with van der Waals surface area (Å²) in [5, 5.41) is 0.741. The fourth-order valence-corrected chi connectivity index (χ4v) is 3.67. The Bertz CT molecular complexity index is 793. The predicted octanol–water partition coefficient (Wildman–Crippen LogP) is 3.49. The molecule has 1 saturated heterocycles. The van der Waals surface area contributed by atoms with Crippen molar-refractivity contribution in [2.45, 2.75) is 52.1 Å². The highest BCUT2D eigenvalue weighted by molar-refractivity contribution is 6.04. The summed E-state index contributed by atoms with van der Waals surface area (Å²) >= 11 is 0. The van der Waals surface area contributed by atoms with E-state index in [1.807, 2.05) is 36.1 Å². The zero-order valence-electron chi connectivity index (χ0n) is 15.0. The van der Waals surface area contributed by atoms with Gasteiger partial charge in [0.15, 0.2) is 6.61 Å². The zero-order valence-corrected chi connectivity index (χ0v) is 15.0. The van der Waals surface area contributed by atoms with Crippen LogP contribution in [-0.2, 0) is 9.53 Å².